The van der Waals surface area contributed by atoms with Crippen LogP contribution in [0.25, 0.3) is 11.4 Å². The molecule has 0 bridgehead atoms. The summed E-state index contributed by atoms with van der Waals surface area (Å²) in [5.41, 5.74) is 1.78. The number of hydrogen-bond donors (Lipinski definition) is 1. The van der Waals surface area contributed by atoms with Crippen molar-refractivity contribution in [2.24, 2.45) is 7.05 Å². The predicted octanol–water partition coefficient (Wildman–Crippen LogP) is 1.95. The molecule has 18 heavy (non-hydrogen) atoms. The van der Waals surface area contributed by atoms with Crippen LogP contribution in [0, 0.1) is 5.82 Å². The van der Waals surface area contributed by atoms with Crippen LogP contribution in [0.2, 0.25) is 0 Å². The van der Waals surface area contributed by atoms with Crippen molar-refractivity contribution in [3.8, 4) is 17.1 Å². The third-order valence-electron chi connectivity index (χ3n) is 2.85. The minimum absolute atomic E-state index is 0.239. The Kier molecular flexibility index (Phi) is 3.62. The molecule has 96 valence electrons. The molecule has 0 atom stereocenters. The van der Waals surface area contributed by atoms with Gasteiger partial charge < -0.3 is 14.6 Å². The Bertz CT molecular complexity index is 551. The van der Waals surface area contributed by atoms with E-state index in [9.17, 15) is 4.39 Å². The van der Waals surface area contributed by atoms with E-state index in [2.05, 4.69) is 10.3 Å². The summed E-state index contributed by atoms with van der Waals surface area (Å²) >= 11 is 0. The summed E-state index contributed by atoms with van der Waals surface area (Å²) in [7, 11) is 5.24. The Morgan fingerprint density at radius 2 is 2.22 bits per heavy atom. The molecular formula is C13H16FN3O. The van der Waals surface area contributed by atoms with Crippen molar-refractivity contribution in [3.05, 3.63) is 35.9 Å². The molecule has 5 heteroatoms. The Morgan fingerprint density at radius 1 is 1.44 bits per heavy atom. The van der Waals surface area contributed by atoms with Crippen molar-refractivity contribution in [2.75, 3.05) is 14.2 Å². The van der Waals surface area contributed by atoms with Crippen LogP contribution in [0.15, 0.2) is 24.4 Å². The molecule has 2 aromatic rings. The third-order valence-corrected chi connectivity index (χ3v) is 2.85. The van der Waals surface area contributed by atoms with Crippen molar-refractivity contribution >= 4 is 0 Å². The topological polar surface area (TPSA) is 39.1 Å². The number of nitrogens with zero attached hydrogens (tertiary/aromatic N) is 2. The molecule has 0 radical (unpaired) electrons. The second kappa shape index (κ2) is 5.18. The summed E-state index contributed by atoms with van der Waals surface area (Å²) in [4.78, 5) is 4.32. The second-order valence-corrected chi connectivity index (χ2v) is 4.01. The number of nitrogens with one attached hydrogen (secondary N) is 1. The number of rotatable bonds is 4. The van der Waals surface area contributed by atoms with Crippen LogP contribution in [0.1, 0.15) is 5.69 Å². The highest BCUT2D eigenvalue weighted by Crippen LogP contribution is 2.24. The van der Waals surface area contributed by atoms with Gasteiger partial charge in [-0.15, -0.1) is 0 Å². The standard InChI is InChI=1S/C13H16FN3O/c1-15-7-10-8-16-13(17(10)2)9-4-5-12(18-3)11(14)6-9/h4-6,8,15H,7H2,1-3H3. The Balaban J connectivity index is 2.39. The fraction of sp³-hybridized carbons (Fsp3) is 0.308. The minimum atomic E-state index is -0.381. The van der Waals surface area contributed by atoms with E-state index in [0.717, 1.165) is 23.6 Å². The van der Waals surface area contributed by atoms with Gasteiger partial charge in [-0.2, -0.15) is 0 Å². The molecule has 1 N–H and O–H groups in total. The predicted molar refractivity (Wildman–Crippen MR) is 67.9 cm³/mol. The fourth-order valence-electron chi connectivity index (χ4n) is 1.86. The monoisotopic (exact) mass is 249 g/mol. The lowest BCUT2D eigenvalue weighted by atomic mass is 10.2. The first-order chi connectivity index (χ1) is 8.67. The van der Waals surface area contributed by atoms with E-state index < -0.39 is 0 Å². The summed E-state index contributed by atoms with van der Waals surface area (Å²) < 4.78 is 20.5. The zero-order valence-corrected chi connectivity index (χ0v) is 10.7. The van der Waals surface area contributed by atoms with Crippen LogP contribution < -0.4 is 10.1 Å². The molecule has 0 fully saturated rings. The maximum Gasteiger partial charge on any atom is 0.165 e. The zero-order valence-electron chi connectivity index (χ0n) is 10.7. The van der Waals surface area contributed by atoms with E-state index in [1.54, 1.807) is 18.3 Å². The molecule has 1 aromatic carbocycles. The molecule has 1 heterocycles. The van der Waals surface area contributed by atoms with Gasteiger partial charge in [0.05, 0.1) is 19.0 Å². The lowest BCUT2D eigenvalue weighted by Gasteiger charge is -2.07. The Morgan fingerprint density at radius 3 is 2.83 bits per heavy atom. The van der Waals surface area contributed by atoms with Gasteiger partial charge in [-0.05, 0) is 25.2 Å². The molecule has 0 aliphatic rings. The number of hydrogen-bond acceptors (Lipinski definition) is 3. The number of ether oxygens (including phenoxy) is 1. The molecular weight excluding hydrogens is 233 g/mol. The lowest BCUT2D eigenvalue weighted by molar-refractivity contribution is 0.386. The smallest absolute Gasteiger partial charge is 0.165 e. The lowest BCUT2D eigenvalue weighted by Crippen LogP contribution is -2.09. The van der Waals surface area contributed by atoms with E-state index in [1.165, 1.54) is 13.2 Å². The number of imidazole rings is 1. The van der Waals surface area contributed by atoms with Crippen LogP contribution in [-0.4, -0.2) is 23.7 Å². The summed E-state index contributed by atoms with van der Waals surface area (Å²) in [5.74, 6) is 0.596. The van der Waals surface area contributed by atoms with E-state index >= 15 is 0 Å². The molecule has 4 nitrogen and oxygen atoms in total. The molecule has 1 aromatic heterocycles. The van der Waals surface area contributed by atoms with Gasteiger partial charge in [0.25, 0.3) is 0 Å². The number of benzene rings is 1. The first-order valence-electron chi connectivity index (χ1n) is 5.66. The van der Waals surface area contributed by atoms with E-state index in [-0.39, 0.29) is 11.6 Å². The summed E-state index contributed by atoms with van der Waals surface area (Å²) in [5, 5.41) is 3.06. The van der Waals surface area contributed by atoms with Crippen molar-refractivity contribution in [3.63, 3.8) is 0 Å². The number of halogens is 1. The summed E-state index contributed by atoms with van der Waals surface area (Å²) in [6.45, 7) is 0.724. The summed E-state index contributed by atoms with van der Waals surface area (Å²) in [6.07, 6.45) is 1.79. The van der Waals surface area contributed by atoms with E-state index in [1.807, 2.05) is 18.7 Å². The number of aromatic nitrogens is 2. The highest BCUT2D eigenvalue weighted by Gasteiger charge is 2.11. The maximum absolute atomic E-state index is 13.6. The van der Waals surface area contributed by atoms with Crippen molar-refractivity contribution < 1.29 is 9.13 Å². The molecule has 0 aliphatic carbocycles. The van der Waals surface area contributed by atoms with Crippen LogP contribution in [0.3, 0.4) is 0 Å². The highest BCUT2D eigenvalue weighted by atomic mass is 19.1. The minimum Gasteiger partial charge on any atom is -0.494 e. The molecule has 0 saturated carbocycles. The van der Waals surface area contributed by atoms with Gasteiger partial charge >= 0.3 is 0 Å². The molecule has 2 rings (SSSR count). The fourth-order valence-corrected chi connectivity index (χ4v) is 1.86. The van der Waals surface area contributed by atoms with Crippen molar-refractivity contribution in [1.82, 2.24) is 14.9 Å². The average molecular weight is 249 g/mol. The molecule has 0 spiro atoms. The van der Waals surface area contributed by atoms with Gasteiger partial charge in [0.15, 0.2) is 11.6 Å². The highest BCUT2D eigenvalue weighted by molar-refractivity contribution is 5.57. The first-order valence-corrected chi connectivity index (χ1v) is 5.66. The van der Waals surface area contributed by atoms with E-state index in [4.69, 9.17) is 4.74 Å². The van der Waals surface area contributed by atoms with Gasteiger partial charge in [-0.3, -0.25) is 0 Å². The van der Waals surface area contributed by atoms with Crippen molar-refractivity contribution in [1.29, 1.82) is 0 Å². The van der Waals surface area contributed by atoms with Crippen LogP contribution in [-0.2, 0) is 13.6 Å². The first kappa shape index (κ1) is 12.6. The average Bonchev–Trinajstić information content (AvgIpc) is 2.72. The molecule has 0 saturated heterocycles. The number of methoxy groups -OCH3 is 1. The zero-order chi connectivity index (χ0) is 13.1. The summed E-state index contributed by atoms with van der Waals surface area (Å²) in [6, 6.07) is 4.84. The molecule has 0 unspecified atom stereocenters. The van der Waals surface area contributed by atoms with Gasteiger partial charge in [-0.25, -0.2) is 9.37 Å². The van der Waals surface area contributed by atoms with Gasteiger partial charge in [-0.1, -0.05) is 0 Å². The maximum atomic E-state index is 13.6. The van der Waals surface area contributed by atoms with Crippen LogP contribution >= 0.6 is 0 Å². The Hall–Kier alpha value is -1.88. The molecule has 0 amide bonds. The van der Waals surface area contributed by atoms with Gasteiger partial charge in [0.2, 0.25) is 0 Å². The SMILES string of the molecule is CNCc1cnc(-c2ccc(OC)c(F)c2)n1C. The van der Waals surface area contributed by atoms with Gasteiger partial charge in [0.1, 0.15) is 5.82 Å². The van der Waals surface area contributed by atoms with Crippen molar-refractivity contribution in [2.45, 2.75) is 6.54 Å². The molecule has 0 aliphatic heterocycles. The van der Waals surface area contributed by atoms with Crippen LogP contribution in [0.4, 0.5) is 4.39 Å². The van der Waals surface area contributed by atoms with Crippen LogP contribution in [0.5, 0.6) is 5.75 Å². The second-order valence-electron chi connectivity index (χ2n) is 4.01. The van der Waals surface area contributed by atoms with E-state index in [0.29, 0.717) is 0 Å². The quantitative estimate of drug-likeness (QED) is 0.900. The Labute approximate surface area is 105 Å². The largest absolute Gasteiger partial charge is 0.494 e. The van der Waals surface area contributed by atoms with Gasteiger partial charge in [0, 0.05) is 19.2 Å². The third kappa shape index (κ3) is 2.22. The normalized spacial score (nSPS) is 10.7.